The van der Waals surface area contributed by atoms with E-state index in [2.05, 4.69) is 5.32 Å². The maximum absolute atomic E-state index is 12.0. The van der Waals surface area contributed by atoms with Gasteiger partial charge in [-0.2, -0.15) is 0 Å². The van der Waals surface area contributed by atoms with Crippen molar-refractivity contribution in [2.24, 2.45) is 0 Å². The highest BCUT2D eigenvalue weighted by Gasteiger charge is 2.25. The first-order valence-electron chi connectivity index (χ1n) is 6.48. The van der Waals surface area contributed by atoms with E-state index < -0.39 is 30.4 Å². The van der Waals surface area contributed by atoms with Gasteiger partial charge in [0, 0.05) is 13.1 Å². The van der Waals surface area contributed by atoms with Gasteiger partial charge in [-0.1, -0.05) is 30.3 Å². The maximum Gasteiger partial charge on any atom is 0.326 e. The van der Waals surface area contributed by atoms with Gasteiger partial charge < -0.3 is 20.4 Å². The van der Waals surface area contributed by atoms with Crippen LogP contribution >= 0.6 is 0 Å². The third-order valence-corrected chi connectivity index (χ3v) is 2.86. The van der Waals surface area contributed by atoms with Crippen LogP contribution in [-0.2, 0) is 16.1 Å². The number of hydrogen-bond acceptors (Lipinski definition) is 3. The highest BCUT2D eigenvalue weighted by Crippen LogP contribution is 2.05. The number of nitrogens with zero attached hydrogens (tertiary/aromatic N) is 1. The van der Waals surface area contributed by atoms with E-state index in [1.807, 2.05) is 30.3 Å². The number of carbonyl (C=O) groups excluding carboxylic acids is 1. The van der Waals surface area contributed by atoms with Crippen LogP contribution in [0.3, 0.4) is 0 Å². The van der Waals surface area contributed by atoms with Crippen molar-refractivity contribution in [1.29, 1.82) is 0 Å². The molecule has 114 valence electrons. The van der Waals surface area contributed by atoms with Crippen molar-refractivity contribution < 1.29 is 24.6 Å². The molecule has 1 aromatic carbocycles. The SMILES string of the molecule is CCN(Cc1ccccc1)C(=O)NC(CC(=O)O)C(=O)O. The minimum absolute atomic E-state index is 0.322. The van der Waals surface area contributed by atoms with E-state index in [-0.39, 0.29) is 0 Å². The lowest BCUT2D eigenvalue weighted by molar-refractivity contribution is -0.145. The van der Waals surface area contributed by atoms with Gasteiger partial charge in [-0.05, 0) is 12.5 Å². The second-order valence-corrected chi connectivity index (χ2v) is 4.44. The molecule has 0 radical (unpaired) electrons. The van der Waals surface area contributed by atoms with Crippen LogP contribution in [0.2, 0.25) is 0 Å². The lowest BCUT2D eigenvalue weighted by atomic mass is 10.2. The maximum atomic E-state index is 12.0. The molecule has 0 spiro atoms. The zero-order valence-electron chi connectivity index (χ0n) is 11.7. The molecule has 1 atom stereocenters. The zero-order valence-corrected chi connectivity index (χ0v) is 11.7. The number of hydrogen-bond donors (Lipinski definition) is 3. The van der Waals surface area contributed by atoms with E-state index in [0.717, 1.165) is 5.56 Å². The summed E-state index contributed by atoms with van der Waals surface area (Å²) in [7, 11) is 0. The molecule has 2 amide bonds. The van der Waals surface area contributed by atoms with Crippen molar-refractivity contribution >= 4 is 18.0 Å². The number of rotatable bonds is 7. The smallest absolute Gasteiger partial charge is 0.326 e. The Kier molecular flexibility index (Phi) is 6.19. The highest BCUT2D eigenvalue weighted by atomic mass is 16.4. The van der Waals surface area contributed by atoms with Crippen LogP contribution in [-0.4, -0.2) is 45.7 Å². The summed E-state index contributed by atoms with van der Waals surface area (Å²) in [5.41, 5.74) is 0.902. The Labute approximate surface area is 122 Å². The zero-order chi connectivity index (χ0) is 15.8. The first-order valence-corrected chi connectivity index (χ1v) is 6.48. The molecule has 0 aliphatic rings. The van der Waals surface area contributed by atoms with Crippen molar-refractivity contribution in [3.63, 3.8) is 0 Å². The number of aliphatic carboxylic acids is 2. The van der Waals surface area contributed by atoms with Crippen LogP contribution in [0.1, 0.15) is 18.9 Å². The highest BCUT2D eigenvalue weighted by molar-refractivity contribution is 5.86. The molecule has 0 saturated heterocycles. The van der Waals surface area contributed by atoms with Gasteiger partial charge in [-0.3, -0.25) is 4.79 Å². The van der Waals surface area contributed by atoms with Crippen LogP contribution in [0.4, 0.5) is 4.79 Å². The molecular weight excluding hydrogens is 276 g/mol. The van der Waals surface area contributed by atoms with Gasteiger partial charge in [0.25, 0.3) is 0 Å². The van der Waals surface area contributed by atoms with Gasteiger partial charge in [0.2, 0.25) is 0 Å². The topological polar surface area (TPSA) is 107 Å². The third-order valence-electron chi connectivity index (χ3n) is 2.86. The molecular formula is C14H18N2O5. The molecule has 1 rings (SSSR count). The van der Waals surface area contributed by atoms with Gasteiger partial charge in [-0.25, -0.2) is 9.59 Å². The average Bonchev–Trinajstić information content (AvgIpc) is 2.44. The first-order chi connectivity index (χ1) is 9.93. The molecule has 21 heavy (non-hydrogen) atoms. The lowest BCUT2D eigenvalue weighted by Gasteiger charge is -2.23. The molecule has 3 N–H and O–H groups in total. The summed E-state index contributed by atoms with van der Waals surface area (Å²) in [5.74, 6) is -2.66. The summed E-state index contributed by atoms with van der Waals surface area (Å²) in [6, 6.07) is 7.18. The second kappa shape index (κ2) is 7.88. The van der Waals surface area contributed by atoms with E-state index in [1.165, 1.54) is 4.90 Å². The van der Waals surface area contributed by atoms with E-state index >= 15 is 0 Å². The monoisotopic (exact) mass is 294 g/mol. The number of amides is 2. The number of carboxylic acid groups (broad SMARTS) is 2. The Balaban J connectivity index is 2.69. The van der Waals surface area contributed by atoms with Crippen LogP contribution in [0, 0.1) is 0 Å². The summed E-state index contributed by atoms with van der Waals surface area (Å²) >= 11 is 0. The number of benzene rings is 1. The molecule has 0 aliphatic carbocycles. The van der Waals surface area contributed by atoms with Gasteiger partial charge in [-0.15, -0.1) is 0 Å². The quantitative estimate of drug-likeness (QED) is 0.699. The fourth-order valence-corrected chi connectivity index (χ4v) is 1.75. The summed E-state index contributed by atoms with van der Waals surface area (Å²) in [6.45, 7) is 2.46. The summed E-state index contributed by atoms with van der Waals surface area (Å²) < 4.78 is 0. The molecule has 1 aromatic rings. The van der Waals surface area contributed by atoms with Crippen molar-refractivity contribution in [2.75, 3.05) is 6.54 Å². The molecule has 7 heteroatoms. The van der Waals surface area contributed by atoms with Gasteiger partial charge in [0.15, 0.2) is 0 Å². The molecule has 0 bridgehead atoms. The number of urea groups is 1. The molecule has 0 saturated carbocycles. The minimum atomic E-state index is -1.44. The summed E-state index contributed by atoms with van der Waals surface area (Å²) in [5, 5.41) is 19.8. The molecule has 0 aliphatic heterocycles. The second-order valence-electron chi connectivity index (χ2n) is 4.44. The van der Waals surface area contributed by atoms with E-state index in [9.17, 15) is 14.4 Å². The van der Waals surface area contributed by atoms with E-state index in [0.29, 0.717) is 13.1 Å². The van der Waals surface area contributed by atoms with Gasteiger partial charge in [0.05, 0.1) is 6.42 Å². The number of carboxylic acids is 2. The minimum Gasteiger partial charge on any atom is -0.481 e. The van der Waals surface area contributed by atoms with Gasteiger partial charge in [0.1, 0.15) is 6.04 Å². The standard InChI is InChI=1S/C14H18N2O5/c1-2-16(9-10-6-4-3-5-7-10)14(21)15-11(13(19)20)8-12(17)18/h3-7,11H,2,8-9H2,1H3,(H,15,21)(H,17,18)(H,19,20). The van der Waals surface area contributed by atoms with Crippen LogP contribution < -0.4 is 5.32 Å². The van der Waals surface area contributed by atoms with E-state index in [4.69, 9.17) is 10.2 Å². The number of nitrogens with one attached hydrogen (secondary N) is 1. The van der Waals surface area contributed by atoms with E-state index in [1.54, 1.807) is 6.92 Å². The van der Waals surface area contributed by atoms with Crippen LogP contribution in [0.15, 0.2) is 30.3 Å². The Morgan fingerprint density at radius 3 is 2.29 bits per heavy atom. The predicted molar refractivity (Wildman–Crippen MR) is 74.7 cm³/mol. The fraction of sp³-hybridized carbons (Fsp3) is 0.357. The molecule has 7 nitrogen and oxygen atoms in total. The Morgan fingerprint density at radius 2 is 1.81 bits per heavy atom. The Bertz CT molecular complexity index is 503. The van der Waals surface area contributed by atoms with Gasteiger partial charge >= 0.3 is 18.0 Å². The molecule has 0 aromatic heterocycles. The Morgan fingerprint density at radius 1 is 1.19 bits per heavy atom. The normalized spacial score (nSPS) is 11.5. The first kappa shape index (κ1) is 16.5. The number of carbonyl (C=O) groups is 3. The fourth-order valence-electron chi connectivity index (χ4n) is 1.75. The summed E-state index contributed by atoms with van der Waals surface area (Å²) in [4.78, 5) is 35.0. The predicted octanol–water partition coefficient (Wildman–Crippen LogP) is 1.15. The molecule has 1 unspecified atom stereocenters. The Hall–Kier alpha value is -2.57. The lowest BCUT2D eigenvalue weighted by Crippen LogP contribution is -2.48. The largest absolute Gasteiger partial charge is 0.481 e. The third kappa shape index (κ3) is 5.52. The van der Waals surface area contributed by atoms with Crippen molar-refractivity contribution in [2.45, 2.75) is 25.9 Å². The van der Waals surface area contributed by atoms with Crippen LogP contribution in [0.25, 0.3) is 0 Å². The van der Waals surface area contributed by atoms with Crippen molar-refractivity contribution in [1.82, 2.24) is 10.2 Å². The van der Waals surface area contributed by atoms with Crippen LogP contribution in [0.5, 0.6) is 0 Å². The van der Waals surface area contributed by atoms with Crippen molar-refractivity contribution in [3.8, 4) is 0 Å². The molecule has 0 fully saturated rings. The van der Waals surface area contributed by atoms with Crippen molar-refractivity contribution in [3.05, 3.63) is 35.9 Å². The average molecular weight is 294 g/mol. The molecule has 0 heterocycles. The summed E-state index contributed by atoms with van der Waals surface area (Å²) in [6.07, 6.45) is -0.663.